The zero-order valence-corrected chi connectivity index (χ0v) is 17.5. The summed E-state index contributed by atoms with van der Waals surface area (Å²) in [5, 5.41) is 14.9. The van der Waals surface area contributed by atoms with Crippen LogP contribution in [0.15, 0.2) is 66.7 Å². The van der Waals surface area contributed by atoms with Gasteiger partial charge in [-0.3, -0.25) is 10.8 Å². The molecule has 0 unspecified atom stereocenters. The maximum Gasteiger partial charge on any atom is 0.122 e. The number of rotatable bonds is 8. The van der Waals surface area contributed by atoms with E-state index in [1.165, 1.54) is 0 Å². The fraction of sp³-hybridized carbons (Fsp3) is 0.130. The molecule has 0 amide bonds. The minimum absolute atomic E-state index is 0. The van der Waals surface area contributed by atoms with E-state index in [1.54, 1.807) is 48.5 Å². The van der Waals surface area contributed by atoms with Gasteiger partial charge in [0.2, 0.25) is 0 Å². The number of ether oxygens (including phenoxy) is 2. The maximum absolute atomic E-state index is 7.43. The molecule has 0 aromatic heterocycles. The van der Waals surface area contributed by atoms with Crippen LogP contribution in [0.2, 0.25) is 0 Å². The number of nitrogens with one attached hydrogen (secondary N) is 2. The quantitative estimate of drug-likeness (QED) is 0.321. The lowest BCUT2D eigenvalue weighted by Gasteiger charge is -2.11. The van der Waals surface area contributed by atoms with Gasteiger partial charge in [-0.2, -0.15) is 0 Å². The number of hydrogen-bond acceptors (Lipinski definition) is 4. The number of nitrogen functional groups attached to an aromatic ring is 2. The van der Waals surface area contributed by atoms with E-state index < -0.39 is 0 Å². The Morgan fingerprint density at radius 1 is 0.700 bits per heavy atom. The Bertz CT molecular complexity index is 939. The Balaban J connectivity index is 0.00000320. The molecule has 156 valence electrons. The van der Waals surface area contributed by atoms with E-state index in [-0.39, 0.29) is 24.1 Å². The van der Waals surface area contributed by atoms with Gasteiger partial charge in [0.15, 0.2) is 0 Å². The Labute approximate surface area is 182 Å². The van der Waals surface area contributed by atoms with Crippen molar-refractivity contribution >= 4 is 24.1 Å². The monoisotopic (exact) mass is 424 g/mol. The summed E-state index contributed by atoms with van der Waals surface area (Å²) in [4.78, 5) is 0. The maximum atomic E-state index is 7.43. The van der Waals surface area contributed by atoms with Gasteiger partial charge in [0, 0.05) is 11.1 Å². The molecule has 0 fully saturated rings. The van der Waals surface area contributed by atoms with Crippen LogP contribution in [0.25, 0.3) is 0 Å². The normalized spacial score (nSPS) is 10.0. The molecule has 0 spiro atoms. The summed E-state index contributed by atoms with van der Waals surface area (Å²) in [5.41, 5.74) is 15.5. The first-order valence-electron chi connectivity index (χ1n) is 9.14. The first-order chi connectivity index (χ1) is 13.9. The van der Waals surface area contributed by atoms with Crippen molar-refractivity contribution in [2.75, 3.05) is 0 Å². The van der Waals surface area contributed by atoms with Crippen molar-refractivity contribution in [3.05, 3.63) is 94.5 Å². The van der Waals surface area contributed by atoms with Crippen LogP contribution in [0.1, 0.15) is 27.8 Å². The van der Waals surface area contributed by atoms with Gasteiger partial charge in [0.25, 0.3) is 0 Å². The number of benzene rings is 3. The number of aryl methyl sites for hydroxylation is 1. The fourth-order valence-electron chi connectivity index (χ4n) is 2.91. The van der Waals surface area contributed by atoms with E-state index in [1.807, 2.05) is 6.92 Å². The van der Waals surface area contributed by atoms with Crippen LogP contribution in [-0.4, -0.2) is 11.7 Å². The number of hydrogen-bond donors (Lipinski definition) is 4. The fourth-order valence-corrected chi connectivity index (χ4v) is 2.91. The average molecular weight is 425 g/mol. The molecule has 0 bridgehead atoms. The van der Waals surface area contributed by atoms with Crippen molar-refractivity contribution in [2.24, 2.45) is 11.5 Å². The van der Waals surface area contributed by atoms with Crippen molar-refractivity contribution in [1.82, 2.24) is 0 Å². The van der Waals surface area contributed by atoms with Gasteiger partial charge in [-0.25, -0.2) is 0 Å². The van der Waals surface area contributed by atoms with Crippen molar-refractivity contribution in [1.29, 1.82) is 10.8 Å². The first kappa shape index (κ1) is 22.8. The SMILES string of the molecule is Cc1cc(COc2ccc(C(=N)N)cc2)cc(COc2ccc(C(=N)N)cc2)c1.Cl. The molecule has 3 aromatic rings. The highest BCUT2D eigenvalue weighted by atomic mass is 35.5. The second-order valence-electron chi connectivity index (χ2n) is 6.78. The third-order valence-corrected chi connectivity index (χ3v) is 4.34. The Kier molecular flexibility index (Phi) is 7.83. The molecule has 0 radical (unpaired) electrons. The molecule has 3 aromatic carbocycles. The van der Waals surface area contributed by atoms with E-state index in [2.05, 4.69) is 18.2 Å². The van der Waals surface area contributed by atoms with Crippen LogP contribution in [-0.2, 0) is 13.2 Å². The molecular formula is C23H25ClN4O2. The Hall–Kier alpha value is -3.51. The average Bonchev–Trinajstić information content (AvgIpc) is 2.71. The van der Waals surface area contributed by atoms with Gasteiger partial charge in [0.1, 0.15) is 36.4 Å². The molecule has 3 rings (SSSR count). The van der Waals surface area contributed by atoms with Crippen LogP contribution in [0.4, 0.5) is 0 Å². The van der Waals surface area contributed by atoms with Crippen molar-refractivity contribution in [2.45, 2.75) is 20.1 Å². The van der Waals surface area contributed by atoms with Crippen LogP contribution in [0.3, 0.4) is 0 Å². The second-order valence-corrected chi connectivity index (χ2v) is 6.78. The molecule has 6 N–H and O–H groups in total. The summed E-state index contributed by atoms with van der Waals surface area (Å²) in [5.74, 6) is 1.52. The molecule has 0 aliphatic heterocycles. The number of amidine groups is 2. The molecule has 7 heteroatoms. The molecule has 0 aliphatic rings. The molecule has 0 saturated heterocycles. The minimum Gasteiger partial charge on any atom is -0.489 e. The highest BCUT2D eigenvalue weighted by Crippen LogP contribution is 2.18. The largest absolute Gasteiger partial charge is 0.489 e. The third kappa shape index (κ3) is 6.25. The summed E-state index contributed by atoms with van der Waals surface area (Å²) in [7, 11) is 0. The standard InChI is InChI=1S/C23H24N4O2.ClH/c1-15-10-16(13-28-20-6-2-18(3-7-20)22(24)25)12-17(11-15)14-29-21-8-4-19(5-9-21)23(26)27;/h2-12H,13-14H2,1H3,(H3,24,25)(H3,26,27);1H. The molecule has 0 aliphatic carbocycles. The predicted molar refractivity (Wildman–Crippen MR) is 122 cm³/mol. The lowest BCUT2D eigenvalue weighted by molar-refractivity contribution is 0.299. The highest BCUT2D eigenvalue weighted by molar-refractivity contribution is 5.95. The van der Waals surface area contributed by atoms with Crippen molar-refractivity contribution in [3.63, 3.8) is 0 Å². The zero-order valence-electron chi connectivity index (χ0n) is 16.6. The summed E-state index contributed by atoms with van der Waals surface area (Å²) < 4.78 is 11.7. The van der Waals surface area contributed by atoms with Crippen molar-refractivity contribution < 1.29 is 9.47 Å². The Morgan fingerprint density at radius 2 is 1.07 bits per heavy atom. The molecule has 30 heavy (non-hydrogen) atoms. The summed E-state index contributed by atoms with van der Waals surface area (Å²) >= 11 is 0. The van der Waals surface area contributed by atoms with E-state index in [0.717, 1.165) is 28.2 Å². The van der Waals surface area contributed by atoms with E-state index in [9.17, 15) is 0 Å². The van der Waals surface area contributed by atoms with Gasteiger partial charge >= 0.3 is 0 Å². The minimum atomic E-state index is 0. The number of nitrogens with two attached hydrogens (primary N) is 2. The van der Waals surface area contributed by atoms with Gasteiger partial charge in [-0.05, 0) is 72.6 Å². The molecule has 0 heterocycles. The first-order valence-corrected chi connectivity index (χ1v) is 9.14. The zero-order chi connectivity index (χ0) is 20.8. The van der Waals surface area contributed by atoms with Gasteiger partial charge in [-0.1, -0.05) is 17.7 Å². The summed E-state index contributed by atoms with van der Waals surface area (Å²) in [6.07, 6.45) is 0. The summed E-state index contributed by atoms with van der Waals surface area (Å²) in [6, 6.07) is 20.5. The van der Waals surface area contributed by atoms with Crippen LogP contribution >= 0.6 is 12.4 Å². The van der Waals surface area contributed by atoms with Crippen molar-refractivity contribution in [3.8, 4) is 11.5 Å². The van der Waals surface area contributed by atoms with E-state index in [4.69, 9.17) is 31.8 Å². The molecular weight excluding hydrogens is 400 g/mol. The van der Waals surface area contributed by atoms with Crippen LogP contribution in [0, 0.1) is 17.7 Å². The topological polar surface area (TPSA) is 118 Å². The van der Waals surface area contributed by atoms with Crippen LogP contribution in [0.5, 0.6) is 11.5 Å². The lowest BCUT2D eigenvalue weighted by Crippen LogP contribution is -2.10. The summed E-state index contributed by atoms with van der Waals surface area (Å²) in [6.45, 7) is 2.90. The van der Waals surface area contributed by atoms with Gasteiger partial charge < -0.3 is 20.9 Å². The van der Waals surface area contributed by atoms with Gasteiger partial charge in [-0.15, -0.1) is 12.4 Å². The van der Waals surface area contributed by atoms with Gasteiger partial charge in [0.05, 0.1) is 0 Å². The second kappa shape index (κ2) is 10.3. The molecule has 0 atom stereocenters. The number of halogens is 1. The predicted octanol–water partition coefficient (Wildman–Crippen LogP) is 4.14. The Morgan fingerprint density at radius 3 is 1.40 bits per heavy atom. The molecule has 0 saturated carbocycles. The van der Waals surface area contributed by atoms with Crippen LogP contribution < -0.4 is 20.9 Å². The highest BCUT2D eigenvalue weighted by Gasteiger charge is 2.04. The molecule has 6 nitrogen and oxygen atoms in total. The lowest BCUT2D eigenvalue weighted by atomic mass is 10.1. The van der Waals surface area contributed by atoms with E-state index >= 15 is 0 Å². The third-order valence-electron chi connectivity index (χ3n) is 4.34. The van der Waals surface area contributed by atoms with E-state index in [0.29, 0.717) is 24.3 Å². The smallest absolute Gasteiger partial charge is 0.122 e.